The number of carbonyl (C=O) groups is 3. The largest absolute Gasteiger partial charge is 0.331 e. The summed E-state index contributed by atoms with van der Waals surface area (Å²) >= 11 is 3.07. The summed E-state index contributed by atoms with van der Waals surface area (Å²) in [7, 11) is 0. The fourth-order valence-electron chi connectivity index (χ4n) is 1.34. The Balaban J connectivity index is 2.87. The maximum atomic E-state index is 11.7. The lowest BCUT2D eigenvalue weighted by atomic mass is 10.0. The highest BCUT2D eigenvalue weighted by Gasteiger charge is 2.38. The Morgan fingerprint density at radius 3 is 2.60 bits per heavy atom. The molecule has 5 nitrogen and oxygen atoms in total. The van der Waals surface area contributed by atoms with Gasteiger partial charge < -0.3 is 0 Å². The Bertz CT molecular complexity index is 340. The van der Waals surface area contributed by atoms with E-state index < -0.39 is 23.8 Å². The highest BCUT2D eigenvalue weighted by atomic mass is 79.9. The average molecular weight is 275 g/mol. The van der Waals surface area contributed by atoms with E-state index in [1.54, 1.807) is 6.92 Å². The molecule has 0 bridgehead atoms. The van der Waals surface area contributed by atoms with Gasteiger partial charge in [0.2, 0.25) is 11.8 Å². The Hall–Kier alpha value is -1.17. The lowest BCUT2D eigenvalue weighted by molar-refractivity contribution is -0.142. The van der Waals surface area contributed by atoms with Gasteiger partial charge in [-0.15, -0.1) is 0 Å². The number of imide groups is 2. The fourth-order valence-corrected chi connectivity index (χ4v) is 1.59. The van der Waals surface area contributed by atoms with E-state index >= 15 is 0 Å². The summed E-state index contributed by atoms with van der Waals surface area (Å²) in [6, 6.07) is -0.685. The molecule has 0 aromatic heterocycles. The third kappa shape index (κ3) is 2.44. The van der Waals surface area contributed by atoms with Crippen LogP contribution in [-0.2, 0) is 9.59 Å². The molecule has 1 aliphatic rings. The van der Waals surface area contributed by atoms with Gasteiger partial charge in [-0.2, -0.15) is 0 Å². The molecule has 0 aromatic rings. The summed E-state index contributed by atoms with van der Waals surface area (Å²) in [4.78, 5) is 35.3. The summed E-state index contributed by atoms with van der Waals surface area (Å²) < 4.78 is 0.509. The standard InChI is InChI=1S/C9H11BrN2O3/c1-3-6-7(13)11-9(15)12(8(6)14)4-5(2)10/h6H,2-4H2,1H3,(H,11,13,15). The zero-order valence-electron chi connectivity index (χ0n) is 8.25. The van der Waals surface area contributed by atoms with Crippen LogP contribution in [0.25, 0.3) is 0 Å². The van der Waals surface area contributed by atoms with Gasteiger partial charge in [0.25, 0.3) is 0 Å². The van der Waals surface area contributed by atoms with Crippen molar-refractivity contribution in [2.45, 2.75) is 13.3 Å². The second kappa shape index (κ2) is 4.57. The summed E-state index contributed by atoms with van der Waals surface area (Å²) in [5, 5.41) is 2.13. The summed E-state index contributed by atoms with van der Waals surface area (Å²) in [5.41, 5.74) is 0. The van der Waals surface area contributed by atoms with Gasteiger partial charge in [-0.1, -0.05) is 29.4 Å². The van der Waals surface area contributed by atoms with Crippen LogP contribution in [0, 0.1) is 5.92 Å². The molecule has 1 atom stereocenters. The number of carbonyl (C=O) groups excluding carboxylic acids is 3. The van der Waals surface area contributed by atoms with Gasteiger partial charge in [-0.3, -0.25) is 19.8 Å². The van der Waals surface area contributed by atoms with Crippen LogP contribution in [0.2, 0.25) is 0 Å². The molecule has 15 heavy (non-hydrogen) atoms. The van der Waals surface area contributed by atoms with Crippen molar-refractivity contribution in [1.29, 1.82) is 0 Å². The third-order valence-corrected chi connectivity index (χ3v) is 2.34. The maximum absolute atomic E-state index is 11.7. The second-order valence-electron chi connectivity index (χ2n) is 3.20. The van der Waals surface area contributed by atoms with Crippen LogP contribution in [-0.4, -0.2) is 29.3 Å². The minimum absolute atomic E-state index is 0.0778. The molecule has 4 amide bonds. The number of hydrogen-bond acceptors (Lipinski definition) is 3. The van der Waals surface area contributed by atoms with Crippen LogP contribution in [0.5, 0.6) is 0 Å². The van der Waals surface area contributed by atoms with Crippen molar-refractivity contribution >= 4 is 33.8 Å². The van der Waals surface area contributed by atoms with E-state index in [9.17, 15) is 14.4 Å². The number of hydrogen-bond donors (Lipinski definition) is 1. The highest BCUT2D eigenvalue weighted by molar-refractivity contribution is 9.11. The number of halogens is 1. The van der Waals surface area contributed by atoms with Crippen molar-refractivity contribution in [3.05, 3.63) is 11.1 Å². The number of nitrogens with zero attached hydrogens (tertiary/aromatic N) is 1. The Kier molecular flexibility index (Phi) is 3.62. The van der Waals surface area contributed by atoms with E-state index in [0.29, 0.717) is 10.9 Å². The first-order valence-corrected chi connectivity index (χ1v) is 5.26. The van der Waals surface area contributed by atoms with Crippen LogP contribution in [0.15, 0.2) is 11.1 Å². The number of amides is 4. The van der Waals surface area contributed by atoms with E-state index in [4.69, 9.17) is 0 Å². The predicted molar refractivity (Wildman–Crippen MR) is 57.1 cm³/mol. The van der Waals surface area contributed by atoms with E-state index in [2.05, 4.69) is 27.8 Å². The van der Waals surface area contributed by atoms with Gasteiger partial charge >= 0.3 is 6.03 Å². The Labute approximate surface area is 95.6 Å². The van der Waals surface area contributed by atoms with Crippen molar-refractivity contribution in [2.75, 3.05) is 6.54 Å². The third-order valence-electron chi connectivity index (χ3n) is 2.09. The Morgan fingerprint density at radius 2 is 2.13 bits per heavy atom. The van der Waals surface area contributed by atoms with Gasteiger partial charge in [-0.25, -0.2) is 4.79 Å². The van der Waals surface area contributed by atoms with Crippen molar-refractivity contribution in [2.24, 2.45) is 5.92 Å². The first-order chi connectivity index (χ1) is 6.97. The summed E-state index contributed by atoms with van der Waals surface area (Å²) in [5.74, 6) is -1.76. The summed E-state index contributed by atoms with van der Waals surface area (Å²) in [6.45, 7) is 5.34. The van der Waals surface area contributed by atoms with E-state index in [0.717, 1.165) is 4.90 Å². The lowest BCUT2D eigenvalue weighted by Gasteiger charge is -2.29. The van der Waals surface area contributed by atoms with Crippen molar-refractivity contribution in [1.82, 2.24) is 10.2 Å². The normalized spacial score (nSPS) is 21.6. The average Bonchev–Trinajstić information content (AvgIpc) is 2.12. The van der Waals surface area contributed by atoms with Crippen LogP contribution in [0.4, 0.5) is 4.79 Å². The first-order valence-electron chi connectivity index (χ1n) is 4.46. The lowest BCUT2D eigenvalue weighted by Crippen LogP contribution is -2.57. The van der Waals surface area contributed by atoms with Crippen LogP contribution < -0.4 is 5.32 Å². The molecule has 0 aromatic carbocycles. The number of rotatable bonds is 3. The molecule has 0 radical (unpaired) electrons. The highest BCUT2D eigenvalue weighted by Crippen LogP contribution is 2.16. The van der Waals surface area contributed by atoms with Crippen LogP contribution in [0.1, 0.15) is 13.3 Å². The second-order valence-corrected chi connectivity index (χ2v) is 4.32. The molecule has 1 N–H and O–H groups in total. The maximum Gasteiger partial charge on any atom is 0.331 e. The number of barbiturate groups is 1. The predicted octanol–water partition coefficient (Wildman–Crippen LogP) is 1.000. The van der Waals surface area contributed by atoms with Crippen LogP contribution in [0.3, 0.4) is 0 Å². The number of nitrogens with one attached hydrogen (secondary N) is 1. The molecule has 1 fully saturated rings. The molecule has 1 unspecified atom stereocenters. The zero-order valence-corrected chi connectivity index (χ0v) is 9.83. The van der Waals surface area contributed by atoms with Gasteiger partial charge in [0.15, 0.2) is 0 Å². The number of urea groups is 1. The molecule has 1 heterocycles. The topological polar surface area (TPSA) is 66.5 Å². The molecule has 1 rings (SSSR count). The van der Waals surface area contributed by atoms with E-state index in [1.165, 1.54) is 0 Å². The minimum Gasteiger partial charge on any atom is -0.277 e. The van der Waals surface area contributed by atoms with E-state index in [1.807, 2.05) is 0 Å². The molecule has 6 heteroatoms. The van der Waals surface area contributed by atoms with E-state index in [-0.39, 0.29) is 6.54 Å². The van der Waals surface area contributed by atoms with Gasteiger partial charge in [0, 0.05) is 4.48 Å². The molecule has 1 saturated heterocycles. The smallest absolute Gasteiger partial charge is 0.277 e. The zero-order chi connectivity index (χ0) is 11.6. The van der Waals surface area contributed by atoms with Gasteiger partial charge in [-0.05, 0) is 6.42 Å². The van der Waals surface area contributed by atoms with Crippen molar-refractivity contribution < 1.29 is 14.4 Å². The molecule has 0 aliphatic carbocycles. The SMILES string of the molecule is C=C(Br)CN1C(=O)NC(=O)C(CC)C1=O. The monoisotopic (exact) mass is 274 g/mol. The van der Waals surface area contributed by atoms with Gasteiger partial charge in [0.05, 0.1) is 6.54 Å². The van der Waals surface area contributed by atoms with Crippen LogP contribution >= 0.6 is 15.9 Å². The van der Waals surface area contributed by atoms with Gasteiger partial charge in [0.1, 0.15) is 5.92 Å². The Morgan fingerprint density at radius 1 is 1.53 bits per heavy atom. The molecular formula is C9H11BrN2O3. The molecule has 1 aliphatic heterocycles. The molecular weight excluding hydrogens is 264 g/mol. The quantitative estimate of drug-likeness (QED) is 0.781. The molecule has 82 valence electrons. The molecule has 0 spiro atoms. The van der Waals surface area contributed by atoms with Crippen molar-refractivity contribution in [3.63, 3.8) is 0 Å². The first kappa shape index (κ1) is 11.9. The summed E-state index contributed by atoms with van der Waals surface area (Å²) in [6.07, 6.45) is 0.378. The molecule has 0 saturated carbocycles. The van der Waals surface area contributed by atoms with Crippen molar-refractivity contribution in [3.8, 4) is 0 Å². The minimum atomic E-state index is -0.769. The fraction of sp³-hybridized carbons (Fsp3) is 0.444.